The fraction of sp³-hybridized carbons (Fsp3) is 0.733. The summed E-state index contributed by atoms with van der Waals surface area (Å²) in [6.45, 7) is 11.0. The molecule has 3 rings (SSSR count). The normalized spacial score (nSPS) is 46.1. The van der Waals surface area contributed by atoms with Gasteiger partial charge in [0.15, 0.2) is 0 Å². The summed E-state index contributed by atoms with van der Waals surface area (Å²) in [5.41, 5.74) is 5.00. The van der Waals surface area contributed by atoms with Gasteiger partial charge in [-0.15, -0.1) is 0 Å². The second-order valence-corrected chi connectivity index (χ2v) is 6.21. The molecule has 0 radical (unpaired) electrons. The highest BCUT2D eigenvalue weighted by molar-refractivity contribution is 5.34. The molecule has 0 aromatic carbocycles. The molecule has 2 fully saturated rings. The molecule has 3 aliphatic rings. The molecule has 1 saturated carbocycles. The number of ether oxygens (including phenoxy) is 1. The van der Waals surface area contributed by atoms with Gasteiger partial charge in [0.05, 0.1) is 12.2 Å². The van der Waals surface area contributed by atoms with Crippen LogP contribution in [0, 0.1) is 11.3 Å². The maximum absolute atomic E-state index is 5.98. The Hall–Kier alpha value is -0.560. The minimum absolute atomic E-state index is 0.360. The highest BCUT2D eigenvalue weighted by atomic mass is 16.6. The van der Waals surface area contributed by atoms with Crippen LogP contribution >= 0.6 is 0 Å². The fourth-order valence-corrected chi connectivity index (χ4v) is 3.96. The summed E-state index contributed by atoms with van der Waals surface area (Å²) in [5.74, 6) is 0.584. The van der Waals surface area contributed by atoms with E-state index in [0.29, 0.717) is 23.5 Å². The van der Waals surface area contributed by atoms with E-state index in [-0.39, 0.29) is 0 Å². The van der Waals surface area contributed by atoms with E-state index >= 15 is 0 Å². The molecule has 2 aliphatic carbocycles. The first kappa shape index (κ1) is 10.6. The maximum Gasteiger partial charge on any atom is 0.0938 e. The van der Waals surface area contributed by atoms with Crippen LogP contribution in [0.3, 0.4) is 0 Å². The van der Waals surface area contributed by atoms with Crippen molar-refractivity contribution in [1.82, 2.24) is 0 Å². The van der Waals surface area contributed by atoms with Crippen molar-refractivity contribution in [3.05, 3.63) is 23.3 Å². The van der Waals surface area contributed by atoms with E-state index in [1.807, 2.05) is 0 Å². The maximum atomic E-state index is 5.98. The minimum atomic E-state index is 0.360. The Morgan fingerprint density at radius 1 is 1.50 bits per heavy atom. The Morgan fingerprint density at radius 3 is 2.94 bits per heavy atom. The minimum Gasteiger partial charge on any atom is -0.368 e. The van der Waals surface area contributed by atoms with Gasteiger partial charge in [0, 0.05) is 11.3 Å². The zero-order valence-electron chi connectivity index (χ0n) is 10.7. The van der Waals surface area contributed by atoms with E-state index in [0.717, 1.165) is 0 Å². The lowest BCUT2D eigenvalue weighted by Crippen LogP contribution is -2.38. The Kier molecular flexibility index (Phi) is 2.13. The first-order valence-electron chi connectivity index (χ1n) is 6.54. The molecule has 16 heavy (non-hydrogen) atoms. The number of hydrogen-bond acceptors (Lipinski definition) is 1. The Labute approximate surface area is 98.6 Å². The highest BCUT2D eigenvalue weighted by Gasteiger charge is 2.61. The molecule has 1 nitrogen and oxygen atoms in total. The number of fused-ring (bicyclic) bond motifs is 3. The largest absolute Gasteiger partial charge is 0.368 e. The van der Waals surface area contributed by atoms with E-state index in [4.69, 9.17) is 4.74 Å². The van der Waals surface area contributed by atoms with Gasteiger partial charge in [-0.1, -0.05) is 30.2 Å². The van der Waals surface area contributed by atoms with Gasteiger partial charge in [-0.25, -0.2) is 0 Å². The average Bonchev–Trinajstić information content (AvgIpc) is 2.97. The summed E-state index contributed by atoms with van der Waals surface area (Å²) in [6, 6.07) is 0. The predicted octanol–water partition coefficient (Wildman–Crippen LogP) is 3.86. The van der Waals surface area contributed by atoms with Gasteiger partial charge in [-0.2, -0.15) is 0 Å². The number of allylic oxidation sites excluding steroid dienone is 1. The molecule has 0 spiro atoms. The summed E-state index contributed by atoms with van der Waals surface area (Å²) < 4.78 is 5.98. The van der Waals surface area contributed by atoms with Crippen LogP contribution in [0.5, 0.6) is 0 Å². The SMILES string of the molecule is C=C(C)C1CC2=C(C)CCCC2(C)C2OC12. The molecule has 0 bridgehead atoms. The molecule has 0 N–H and O–H groups in total. The van der Waals surface area contributed by atoms with Gasteiger partial charge in [0.2, 0.25) is 0 Å². The van der Waals surface area contributed by atoms with Crippen LogP contribution in [-0.4, -0.2) is 12.2 Å². The van der Waals surface area contributed by atoms with E-state index in [9.17, 15) is 0 Å². The summed E-state index contributed by atoms with van der Waals surface area (Å²) in [5, 5.41) is 0. The van der Waals surface area contributed by atoms with Gasteiger partial charge in [-0.05, 0) is 39.5 Å². The molecule has 4 atom stereocenters. The molecule has 0 amide bonds. The lowest BCUT2D eigenvalue weighted by atomic mass is 9.61. The quantitative estimate of drug-likeness (QED) is 0.481. The van der Waals surface area contributed by atoms with Crippen LogP contribution in [0.1, 0.15) is 46.5 Å². The summed E-state index contributed by atoms with van der Waals surface area (Å²) >= 11 is 0. The monoisotopic (exact) mass is 218 g/mol. The van der Waals surface area contributed by atoms with Crippen molar-refractivity contribution in [3.63, 3.8) is 0 Å². The van der Waals surface area contributed by atoms with Crippen molar-refractivity contribution in [3.8, 4) is 0 Å². The van der Waals surface area contributed by atoms with Crippen molar-refractivity contribution < 1.29 is 4.74 Å². The Balaban J connectivity index is 1.99. The van der Waals surface area contributed by atoms with Crippen LogP contribution in [0.25, 0.3) is 0 Å². The van der Waals surface area contributed by atoms with E-state index in [1.54, 1.807) is 11.1 Å². The van der Waals surface area contributed by atoms with Crippen molar-refractivity contribution in [1.29, 1.82) is 0 Å². The second kappa shape index (κ2) is 3.22. The van der Waals surface area contributed by atoms with Crippen LogP contribution in [0.2, 0.25) is 0 Å². The molecule has 0 aromatic rings. The number of epoxide rings is 1. The molecular weight excluding hydrogens is 196 g/mol. The van der Waals surface area contributed by atoms with Gasteiger partial charge >= 0.3 is 0 Å². The summed E-state index contributed by atoms with van der Waals surface area (Å²) in [4.78, 5) is 0. The lowest BCUT2D eigenvalue weighted by Gasteiger charge is -2.41. The first-order valence-corrected chi connectivity index (χ1v) is 6.54. The lowest BCUT2D eigenvalue weighted by molar-refractivity contribution is 0.227. The average molecular weight is 218 g/mol. The van der Waals surface area contributed by atoms with Crippen molar-refractivity contribution in [2.45, 2.75) is 58.7 Å². The smallest absolute Gasteiger partial charge is 0.0938 e. The molecule has 1 heteroatoms. The molecule has 0 aromatic heterocycles. The fourth-order valence-electron chi connectivity index (χ4n) is 3.96. The molecule has 1 aliphatic heterocycles. The molecule has 88 valence electrons. The van der Waals surface area contributed by atoms with E-state index in [1.165, 1.54) is 31.3 Å². The van der Waals surface area contributed by atoms with Crippen LogP contribution in [0.4, 0.5) is 0 Å². The molecular formula is C15H22O. The molecule has 1 heterocycles. The third-order valence-corrected chi connectivity index (χ3v) is 5.06. The molecule has 1 saturated heterocycles. The van der Waals surface area contributed by atoms with Crippen molar-refractivity contribution >= 4 is 0 Å². The number of hydrogen-bond donors (Lipinski definition) is 0. The molecule has 4 unspecified atom stereocenters. The van der Waals surface area contributed by atoms with Gasteiger partial charge < -0.3 is 4.74 Å². The van der Waals surface area contributed by atoms with Gasteiger partial charge in [0.25, 0.3) is 0 Å². The summed E-state index contributed by atoms with van der Waals surface area (Å²) in [6.07, 6.45) is 6.15. The van der Waals surface area contributed by atoms with Gasteiger partial charge in [-0.3, -0.25) is 0 Å². The first-order chi connectivity index (χ1) is 7.54. The third-order valence-electron chi connectivity index (χ3n) is 5.06. The highest BCUT2D eigenvalue weighted by Crippen LogP contribution is 2.60. The van der Waals surface area contributed by atoms with Crippen LogP contribution in [0.15, 0.2) is 23.3 Å². The van der Waals surface area contributed by atoms with Crippen LogP contribution in [-0.2, 0) is 4.74 Å². The van der Waals surface area contributed by atoms with E-state index in [2.05, 4.69) is 27.4 Å². The topological polar surface area (TPSA) is 12.5 Å². The van der Waals surface area contributed by atoms with Crippen molar-refractivity contribution in [2.75, 3.05) is 0 Å². The second-order valence-electron chi connectivity index (χ2n) is 6.21. The summed E-state index contributed by atoms with van der Waals surface area (Å²) in [7, 11) is 0. The number of rotatable bonds is 1. The predicted molar refractivity (Wildman–Crippen MR) is 66.2 cm³/mol. The Bertz CT molecular complexity index is 379. The van der Waals surface area contributed by atoms with Gasteiger partial charge in [0.1, 0.15) is 0 Å². The Morgan fingerprint density at radius 2 is 2.25 bits per heavy atom. The van der Waals surface area contributed by atoms with E-state index < -0.39 is 0 Å². The standard InChI is InChI=1S/C15H22O/c1-9(2)11-8-12-10(3)6-5-7-15(12,4)14-13(11)16-14/h11,13-14H,1,5-8H2,2-4H3. The zero-order valence-corrected chi connectivity index (χ0v) is 10.7. The third kappa shape index (κ3) is 1.27. The van der Waals surface area contributed by atoms with Crippen LogP contribution < -0.4 is 0 Å². The zero-order chi connectivity index (χ0) is 11.5. The van der Waals surface area contributed by atoms with Crippen molar-refractivity contribution in [2.24, 2.45) is 11.3 Å².